The van der Waals surface area contributed by atoms with Crippen molar-refractivity contribution in [3.8, 4) is 5.75 Å². The summed E-state index contributed by atoms with van der Waals surface area (Å²) in [5, 5.41) is 3.65. The molecular formula is C9H10BrNO2. The normalized spacial score (nSPS) is 10.4. The zero-order valence-corrected chi connectivity index (χ0v) is 9.04. The van der Waals surface area contributed by atoms with Crippen LogP contribution in [0.25, 0.3) is 0 Å². The molecule has 0 unspecified atom stereocenters. The molecule has 1 rings (SSSR count). The number of ether oxygens (including phenoxy) is 1. The molecule has 13 heavy (non-hydrogen) atoms. The van der Waals surface area contributed by atoms with E-state index in [9.17, 15) is 0 Å². The van der Waals surface area contributed by atoms with Crippen LogP contribution in [0.15, 0.2) is 27.8 Å². The summed E-state index contributed by atoms with van der Waals surface area (Å²) in [6.45, 7) is 0. The second-order valence-electron chi connectivity index (χ2n) is 2.31. The van der Waals surface area contributed by atoms with Crippen LogP contribution < -0.4 is 4.74 Å². The van der Waals surface area contributed by atoms with Gasteiger partial charge < -0.3 is 9.57 Å². The van der Waals surface area contributed by atoms with E-state index in [4.69, 9.17) is 4.74 Å². The Labute approximate surface area is 85.5 Å². The number of rotatable bonds is 3. The Hall–Kier alpha value is -1.03. The number of nitrogens with zero attached hydrogens (tertiary/aromatic N) is 1. The quantitative estimate of drug-likeness (QED) is 0.604. The molecule has 0 N–H and O–H groups in total. The Kier molecular flexibility index (Phi) is 3.76. The number of methoxy groups -OCH3 is 1. The molecule has 4 heteroatoms. The van der Waals surface area contributed by atoms with Gasteiger partial charge >= 0.3 is 0 Å². The first kappa shape index (κ1) is 10.1. The molecule has 0 radical (unpaired) electrons. The molecule has 0 heterocycles. The summed E-state index contributed by atoms with van der Waals surface area (Å²) >= 11 is 3.37. The molecule has 0 spiro atoms. The molecule has 0 bridgehead atoms. The monoisotopic (exact) mass is 243 g/mol. The van der Waals surface area contributed by atoms with Crippen LogP contribution >= 0.6 is 15.9 Å². The minimum absolute atomic E-state index is 0.801. The van der Waals surface area contributed by atoms with Crippen LogP contribution in [0.2, 0.25) is 0 Å². The Morgan fingerprint density at radius 3 is 2.69 bits per heavy atom. The maximum Gasteiger partial charge on any atom is 0.133 e. The molecule has 0 saturated carbocycles. The highest BCUT2D eigenvalue weighted by molar-refractivity contribution is 9.10. The molecule has 3 nitrogen and oxygen atoms in total. The van der Waals surface area contributed by atoms with Crippen LogP contribution in [-0.4, -0.2) is 20.4 Å². The van der Waals surface area contributed by atoms with E-state index in [-0.39, 0.29) is 0 Å². The lowest BCUT2D eigenvalue weighted by molar-refractivity contribution is 0.215. The molecule has 0 saturated heterocycles. The minimum Gasteiger partial charge on any atom is -0.496 e. The van der Waals surface area contributed by atoms with Crippen LogP contribution in [0.5, 0.6) is 5.75 Å². The molecule has 70 valence electrons. The fourth-order valence-electron chi connectivity index (χ4n) is 0.876. The lowest BCUT2D eigenvalue weighted by Crippen LogP contribution is -1.87. The van der Waals surface area contributed by atoms with Crippen molar-refractivity contribution in [2.75, 3.05) is 14.2 Å². The molecule has 0 fully saturated rings. The standard InChI is InChI=1S/C9H10BrNO2/c1-12-9-4-3-7(5-8(9)10)6-11-13-2/h3-6H,1-2H3/b11-6+. The first-order valence-corrected chi connectivity index (χ1v) is 4.47. The summed E-state index contributed by atoms with van der Waals surface area (Å²) in [5.41, 5.74) is 0.953. The van der Waals surface area contributed by atoms with Crippen molar-refractivity contribution in [2.45, 2.75) is 0 Å². The molecule has 0 aliphatic carbocycles. The van der Waals surface area contributed by atoms with Gasteiger partial charge in [-0.3, -0.25) is 0 Å². The van der Waals surface area contributed by atoms with Crippen LogP contribution in [0.1, 0.15) is 5.56 Å². The summed E-state index contributed by atoms with van der Waals surface area (Å²) in [6, 6.07) is 5.66. The maximum atomic E-state index is 5.08. The molecule has 0 amide bonds. The number of halogens is 1. The summed E-state index contributed by atoms with van der Waals surface area (Å²) in [6.07, 6.45) is 1.63. The van der Waals surface area contributed by atoms with Crippen molar-refractivity contribution < 1.29 is 9.57 Å². The van der Waals surface area contributed by atoms with Crippen molar-refractivity contribution in [3.63, 3.8) is 0 Å². The third-order valence-corrected chi connectivity index (χ3v) is 2.10. The first-order valence-electron chi connectivity index (χ1n) is 3.68. The summed E-state index contributed by atoms with van der Waals surface area (Å²) < 4.78 is 5.98. The predicted molar refractivity (Wildman–Crippen MR) is 55.3 cm³/mol. The largest absolute Gasteiger partial charge is 0.496 e. The van der Waals surface area contributed by atoms with Gasteiger partial charge in [0.2, 0.25) is 0 Å². The van der Waals surface area contributed by atoms with E-state index >= 15 is 0 Å². The average Bonchev–Trinajstić information content (AvgIpc) is 2.15. The highest BCUT2D eigenvalue weighted by atomic mass is 79.9. The van der Waals surface area contributed by atoms with Gasteiger partial charge in [0, 0.05) is 0 Å². The van der Waals surface area contributed by atoms with Gasteiger partial charge in [0.25, 0.3) is 0 Å². The fraction of sp³-hybridized carbons (Fsp3) is 0.222. The van der Waals surface area contributed by atoms with Gasteiger partial charge in [-0.2, -0.15) is 0 Å². The van der Waals surface area contributed by atoms with Crippen molar-refractivity contribution in [2.24, 2.45) is 5.16 Å². The second-order valence-corrected chi connectivity index (χ2v) is 3.17. The van der Waals surface area contributed by atoms with Gasteiger partial charge in [0.1, 0.15) is 12.9 Å². The topological polar surface area (TPSA) is 30.8 Å². The smallest absolute Gasteiger partial charge is 0.133 e. The van der Waals surface area contributed by atoms with Gasteiger partial charge in [0.05, 0.1) is 17.8 Å². The lowest BCUT2D eigenvalue weighted by atomic mass is 10.2. The summed E-state index contributed by atoms with van der Waals surface area (Å²) in [4.78, 5) is 4.57. The van der Waals surface area contributed by atoms with Crippen LogP contribution in [-0.2, 0) is 4.84 Å². The van der Waals surface area contributed by atoms with Gasteiger partial charge in [-0.05, 0) is 39.7 Å². The van der Waals surface area contributed by atoms with Crippen LogP contribution in [0, 0.1) is 0 Å². The molecule has 0 aliphatic rings. The number of hydrogen-bond acceptors (Lipinski definition) is 3. The summed E-state index contributed by atoms with van der Waals surface area (Å²) in [5.74, 6) is 0.801. The Balaban J connectivity index is 2.89. The van der Waals surface area contributed by atoms with Crippen molar-refractivity contribution >= 4 is 22.1 Å². The van der Waals surface area contributed by atoms with E-state index in [1.54, 1.807) is 13.3 Å². The SMILES string of the molecule is CO/N=C/c1ccc(OC)c(Br)c1. The molecular weight excluding hydrogens is 234 g/mol. The minimum atomic E-state index is 0.801. The maximum absolute atomic E-state index is 5.08. The van der Waals surface area contributed by atoms with Crippen molar-refractivity contribution in [3.05, 3.63) is 28.2 Å². The number of hydrogen-bond donors (Lipinski definition) is 0. The third kappa shape index (κ3) is 2.73. The van der Waals surface area contributed by atoms with E-state index in [2.05, 4.69) is 25.9 Å². The average molecular weight is 244 g/mol. The number of oxime groups is 1. The van der Waals surface area contributed by atoms with Gasteiger partial charge in [-0.25, -0.2) is 0 Å². The first-order chi connectivity index (χ1) is 6.27. The Morgan fingerprint density at radius 1 is 1.38 bits per heavy atom. The van der Waals surface area contributed by atoms with Gasteiger partial charge in [-0.1, -0.05) is 5.16 Å². The third-order valence-electron chi connectivity index (χ3n) is 1.48. The highest BCUT2D eigenvalue weighted by Gasteiger charge is 1.98. The number of benzene rings is 1. The zero-order valence-electron chi connectivity index (χ0n) is 7.45. The lowest BCUT2D eigenvalue weighted by Gasteiger charge is -2.02. The Bertz CT molecular complexity index is 312. The van der Waals surface area contributed by atoms with E-state index < -0.39 is 0 Å². The molecule has 0 aliphatic heterocycles. The van der Waals surface area contributed by atoms with Crippen LogP contribution in [0.3, 0.4) is 0 Å². The van der Waals surface area contributed by atoms with E-state index in [0.717, 1.165) is 15.8 Å². The van der Waals surface area contributed by atoms with E-state index in [1.165, 1.54) is 7.11 Å². The van der Waals surface area contributed by atoms with E-state index in [0.29, 0.717) is 0 Å². The Morgan fingerprint density at radius 2 is 2.15 bits per heavy atom. The second kappa shape index (κ2) is 4.87. The van der Waals surface area contributed by atoms with Gasteiger partial charge in [0.15, 0.2) is 0 Å². The highest BCUT2D eigenvalue weighted by Crippen LogP contribution is 2.24. The van der Waals surface area contributed by atoms with Crippen molar-refractivity contribution in [1.82, 2.24) is 0 Å². The van der Waals surface area contributed by atoms with Crippen molar-refractivity contribution in [1.29, 1.82) is 0 Å². The molecule has 0 atom stereocenters. The van der Waals surface area contributed by atoms with Crippen LogP contribution in [0.4, 0.5) is 0 Å². The summed E-state index contributed by atoms with van der Waals surface area (Å²) in [7, 11) is 3.14. The van der Waals surface area contributed by atoms with E-state index in [1.807, 2.05) is 18.2 Å². The molecule has 1 aromatic rings. The molecule has 1 aromatic carbocycles. The molecule has 0 aromatic heterocycles. The zero-order chi connectivity index (χ0) is 9.68. The predicted octanol–water partition coefficient (Wildman–Crippen LogP) is 2.44. The fourth-order valence-corrected chi connectivity index (χ4v) is 1.43. The van der Waals surface area contributed by atoms with Gasteiger partial charge in [-0.15, -0.1) is 0 Å².